The van der Waals surface area contributed by atoms with Crippen LogP contribution < -0.4 is 0 Å². The number of methoxy groups -OCH3 is 1. The van der Waals surface area contributed by atoms with Crippen LogP contribution in [0.1, 0.15) is 10.4 Å². The molecule has 2 heterocycles. The Hall–Kier alpha value is -3.40. The molecule has 0 saturated carbocycles. The molecule has 4 aromatic rings. The average molecular weight is 328 g/mol. The number of aromatic amines is 1. The van der Waals surface area contributed by atoms with Gasteiger partial charge >= 0.3 is 5.97 Å². The van der Waals surface area contributed by atoms with Crippen molar-refractivity contribution in [3.63, 3.8) is 0 Å². The average Bonchev–Trinajstić information content (AvgIpc) is 3.07. The second-order valence-electron chi connectivity index (χ2n) is 5.71. The second-order valence-corrected chi connectivity index (χ2v) is 5.71. The van der Waals surface area contributed by atoms with Gasteiger partial charge in [0.2, 0.25) is 0 Å². The highest BCUT2D eigenvalue weighted by atomic mass is 16.5. The monoisotopic (exact) mass is 328 g/mol. The minimum absolute atomic E-state index is 0.350. The Morgan fingerprint density at radius 1 is 1.00 bits per heavy atom. The fraction of sp³-hybridized carbons (Fsp3) is 0.0476. The van der Waals surface area contributed by atoms with Gasteiger partial charge in [0, 0.05) is 22.7 Å². The van der Waals surface area contributed by atoms with E-state index in [0.717, 1.165) is 33.4 Å². The SMILES string of the molecule is COC(=O)c1ccc2c(-c3ccccc3)c(-c3ccccn3)[nH]c2c1. The van der Waals surface area contributed by atoms with Gasteiger partial charge in [-0.1, -0.05) is 42.5 Å². The van der Waals surface area contributed by atoms with Crippen LogP contribution in [0.3, 0.4) is 0 Å². The van der Waals surface area contributed by atoms with Crippen LogP contribution >= 0.6 is 0 Å². The summed E-state index contributed by atoms with van der Waals surface area (Å²) in [6.07, 6.45) is 1.77. The molecular weight excluding hydrogens is 312 g/mol. The summed E-state index contributed by atoms with van der Waals surface area (Å²) >= 11 is 0. The normalized spacial score (nSPS) is 10.8. The lowest BCUT2D eigenvalue weighted by molar-refractivity contribution is 0.0601. The Morgan fingerprint density at radius 3 is 2.52 bits per heavy atom. The van der Waals surface area contributed by atoms with E-state index in [1.807, 2.05) is 48.5 Å². The Kier molecular flexibility index (Phi) is 3.78. The number of hydrogen-bond donors (Lipinski definition) is 1. The molecule has 0 bridgehead atoms. The summed E-state index contributed by atoms with van der Waals surface area (Å²) < 4.78 is 4.83. The molecule has 0 fully saturated rings. The summed E-state index contributed by atoms with van der Waals surface area (Å²) in [7, 11) is 1.38. The second kappa shape index (κ2) is 6.24. The van der Waals surface area contributed by atoms with E-state index in [2.05, 4.69) is 22.1 Å². The molecule has 122 valence electrons. The predicted molar refractivity (Wildman–Crippen MR) is 98.3 cm³/mol. The largest absolute Gasteiger partial charge is 0.465 e. The molecular formula is C21H16N2O2. The highest BCUT2D eigenvalue weighted by molar-refractivity contribution is 6.05. The van der Waals surface area contributed by atoms with Crippen molar-refractivity contribution in [2.75, 3.05) is 7.11 Å². The molecule has 0 aliphatic carbocycles. The molecule has 0 aliphatic heterocycles. The Bertz CT molecular complexity index is 1040. The van der Waals surface area contributed by atoms with Gasteiger partial charge in [0.15, 0.2) is 0 Å². The molecule has 0 unspecified atom stereocenters. The van der Waals surface area contributed by atoms with Gasteiger partial charge in [0.05, 0.1) is 24.1 Å². The Morgan fingerprint density at radius 2 is 1.80 bits per heavy atom. The molecule has 2 aromatic heterocycles. The van der Waals surface area contributed by atoms with Crippen molar-refractivity contribution >= 4 is 16.9 Å². The molecule has 0 atom stereocenters. The van der Waals surface area contributed by atoms with Gasteiger partial charge in [-0.15, -0.1) is 0 Å². The van der Waals surface area contributed by atoms with Crippen molar-refractivity contribution in [2.24, 2.45) is 0 Å². The molecule has 4 heteroatoms. The lowest BCUT2D eigenvalue weighted by atomic mass is 10.00. The smallest absolute Gasteiger partial charge is 0.337 e. The molecule has 0 saturated heterocycles. The highest BCUT2D eigenvalue weighted by Crippen LogP contribution is 2.37. The third-order valence-corrected chi connectivity index (χ3v) is 4.20. The van der Waals surface area contributed by atoms with Crippen molar-refractivity contribution in [1.82, 2.24) is 9.97 Å². The van der Waals surface area contributed by atoms with Crippen LogP contribution in [0.2, 0.25) is 0 Å². The van der Waals surface area contributed by atoms with E-state index in [-0.39, 0.29) is 5.97 Å². The van der Waals surface area contributed by atoms with Crippen LogP contribution in [0.4, 0.5) is 0 Å². The van der Waals surface area contributed by atoms with Gasteiger partial charge in [-0.25, -0.2) is 4.79 Å². The number of esters is 1. The van der Waals surface area contributed by atoms with Crippen molar-refractivity contribution < 1.29 is 9.53 Å². The molecule has 25 heavy (non-hydrogen) atoms. The Labute approximate surface area is 145 Å². The first-order valence-electron chi connectivity index (χ1n) is 7.99. The van der Waals surface area contributed by atoms with Gasteiger partial charge in [-0.05, 0) is 29.8 Å². The fourth-order valence-corrected chi connectivity index (χ4v) is 3.05. The predicted octanol–water partition coefficient (Wildman–Crippen LogP) is 4.68. The summed E-state index contributed by atoms with van der Waals surface area (Å²) in [4.78, 5) is 19.7. The van der Waals surface area contributed by atoms with E-state index in [1.54, 1.807) is 12.3 Å². The third kappa shape index (κ3) is 2.68. The number of carbonyl (C=O) groups is 1. The number of fused-ring (bicyclic) bond motifs is 1. The standard InChI is InChI=1S/C21H16N2O2/c1-25-21(24)15-10-11-16-18(13-15)23-20(17-9-5-6-12-22-17)19(16)14-7-3-2-4-8-14/h2-13,23H,1H3. The number of carbonyl (C=O) groups excluding carboxylic acids is 1. The molecule has 0 spiro atoms. The van der Waals surface area contributed by atoms with Crippen molar-refractivity contribution in [3.05, 3.63) is 78.5 Å². The molecule has 0 aliphatic rings. The topological polar surface area (TPSA) is 55.0 Å². The summed E-state index contributed by atoms with van der Waals surface area (Å²) in [6, 6.07) is 21.5. The zero-order chi connectivity index (χ0) is 17.2. The zero-order valence-corrected chi connectivity index (χ0v) is 13.7. The quantitative estimate of drug-likeness (QED) is 0.555. The first-order chi connectivity index (χ1) is 12.3. The number of nitrogens with one attached hydrogen (secondary N) is 1. The number of hydrogen-bond acceptors (Lipinski definition) is 3. The molecule has 4 nitrogen and oxygen atoms in total. The van der Waals surface area contributed by atoms with Crippen LogP contribution in [-0.2, 0) is 4.74 Å². The van der Waals surface area contributed by atoms with Gasteiger partial charge in [0.1, 0.15) is 0 Å². The Balaban J connectivity index is 2.01. The number of aromatic nitrogens is 2. The van der Waals surface area contributed by atoms with Crippen LogP contribution in [0.15, 0.2) is 72.9 Å². The van der Waals surface area contributed by atoms with E-state index in [0.29, 0.717) is 5.56 Å². The van der Waals surface area contributed by atoms with E-state index < -0.39 is 0 Å². The number of pyridine rings is 1. The first-order valence-corrected chi connectivity index (χ1v) is 7.99. The fourth-order valence-electron chi connectivity index (χ4n) is 3.05. The summed E-state index contributed by atoms with van der Waals surface area (Å²) in [5, 5.41) is 1.04. The third-order valence-electron chi connectivity index (χ3n) is 4.20. The molecule has 0 radical (unpaired) electrons. The molecule has 1 N–H and O–H groups in total. The van der Waals surface area contributed by atoms with Crippen LogP contribution in [-0.4, -0.2) is 23.0 Å². The highest BCUT2D eigenvalue weighted by Gasteiger charge is 2.17. The van der Waals surface area contributed by atoms with Crippen molar-refractivity contribution in [1.29, 1.82) is 0 Å². The maximum atomic E-state index is 11.8. The van der Waals surface area contributed by atoms with Crippen molar-refractivity contribution in [2.45, 2.75) is 0 Å². The molecule has 4 rings (SSSR count). The van der Waals surface area contributed by atoms with Gasteiger partial charge in [-0.3, -0.25) is 4.98 Å². The van der Waals surface area contributed by atoms with Gasteiger partial charge in [-0.2, -0.15) is 0 Å². The van der Waals surface area contributed by atoms with Gasteiger partial charge < -0.3 is 9.72 Å². The number of H-pyrrole nitrogens is 1. The summed E-state index contributed by atoms with van der Waals surface area (Å²) in [6.45, 7) is 0. The minimum Gasteiger partial charge on any atom is -0.465 e. The molecule has 0 amide bonds. The summed E-state index contributed by atoms with van der Waals surface area (Å²) in [5.41, 5.74) is 5.36. The molecule has 2 aromatic carbocycles. The maximum Gasteiger partial charge on any atom is 0.337 e. The number of benzene rings is 2. The van der Waals surface area contributed by atoms with E-state index in [9.17, 15) is 4.79 Å². The summed E-state index contributed by atoms with van der Waals surface area (Å²) in [5.74, 6) is -0.350. The lowest BCUT2D eigenvalue weighted by Crippen LogP contribution is -2.00. The van der Waals surface area contributed by atoms with E-state index in [1.165, 1.54) is 7.11 Å². The zero-order valence-electron chi connectivity index (χ0n) is 13.7. The van der Waals surface area contributed by atoms with E-state index >= 15 is 0 Å². The van der Waals surface area contributed by atoms with Crippen LogP contribution in [0.5, 0.6) is 0 Å². The van der Waals surface area contributed by atoms with Crippen molar-refractivity contribution in [3.8, 4) is 22.5 Å². The first kappa shape index (κ1) is 15.1. The lowest BCUT2D eigenvalue weighted by Gasteiger charge is -2.05. The maximum absolute atomic E-state index is 11.8. The number of ether oxygens (including phenoxy) is 1. The number of nitrogens with zero attached hydrogens (tertiary/aromatic N) is 1. The number of rotatable bonds is 3. The van der Waals surface area contributed by atoms with E-state index in [4.69, 9.17) is 4.74 Å². The minimum atomic E-state index is -0.350. The van der Waals surface area contributed by atoms with Crippen LogP contribution in [0.25, 0.3) is 33.4 Å². The van der Waals surface area contributed by atoms with Gasteiger partial charge in [0.25, 0.3) is 0 Å². The van der Waals surface area contributed by atoms with Crippen LogP contribution in [0, 0.1) is 0 Å².